The highest BCUT2D eigenvalue weighted by Gasteiger charge is 2.37. The molecule has 1 N–H and O–H groups in total. The number of fused-ring (bicyclic) bond motifs is 3. The van der Waals surface area contributed by atoms with Crippen molar-refractivity contribution in [2.75, 3.05) is 0 Å². The molecule has 0 unspecified atom stereocenters. The van der Waals surface area contributed by atoms with Gasteiger partial charge in [0.2, 0.25) is 0 Å². The fraction of sp³-hybridized carbons (Fsp3) is 0.391. The molecule has 4 rings (SSSR count). The molecule has 5 nitrogen and oxygen atoms in total. The molecule has 0 amide bonds. The van der Waals surface area contributed by atoms with E-state index in [9.17, 15) is 17.4 Å². The molecule has 31 heavy (non-hydrogen) atoms. The molecule has 0 bridgehead atoms. The Morgan fingerprint density at radius 2 is 1.84 bits per heavy atom. The average molecular weight is 463 g/mol. The first kappa shape index (κ1) is 22.3. The van der Waals surface area contributed by atoms with Crippen molar-refractivity contribution in [2.24, 2.45) is 0 Å². The van der Waals surface area contributed by atoms with Gasteiger partial charge in [0.15, 0.2) is 0 Å². The molecule has 0 aliphatic heterocycles. The van der Waals surface area contributed by atoms with Crippen LogP contribution in [-0.4, -0.2) is 21.7 Å². The van der Waals surface area contributed by atoms with Crippen LogP contribution < -0.4 is 4.72 Å². The summed E-state index contributed by atoms with van der Waals surface area (Å²) < 4.78 is 58.4. The molecule has 3 aromatic rings. The number of aromatic nitrogens is 1. The smallest absolute Gasteiger partial charge is 0.268 e. The lowest BCUT2D eigenvalue weighted by Crippen LogP contribution is -2.42. The molecule has 8 heteroatoms. The van der Waals surface area contributed by atoms with Crippen molar-refractivity contribution in [1.82, 2.24) is 8.69 Å². The predicted octanol–water partition coefficient (Wildman–Crippen LogP) is 4.76. The molecule has 0 saturated heterocycles. The molecule has 0 spiro atoms. The van der Waals surface area contributed by atoms with E-state index in [0.29, 0.717) is 29.4 Å². The molecule has 0 radical (unpaired) electrons. The summed E-state index contributed by atoms with van der Waals surface area (Å²) in [7, 11) is -3.88. The van der Waals surface area contributed by atoms with Crippen LogP contribution in [-0.2, 0) is 27.8 Å². The van der Waals surface area contributed by atoms with Crippen LogP contribution in [0.1, 0.15) is 56.5 Å². The maximum absolute atomic E-state index is 14.2. The first-order chi connectivity index (χ1) is 14.5. The van der Waals surface area contributed by atoms with Crippen molar-refractivity contribution in [1.29, 1.82) is 0 Å². The van der Waals surface area contributed by atoms with Crippen molar-refractivity contribution in [2.45, 2.75) is 62.6 Å². The zero-order valence-corrected chi connectivity index (χ0v) is 19.7. The largest absolute Gasteiger partial charge is 0.598 e. The van der Waals surface area contributed by atoms with Gasteiger partial charge < -0.3 is 4.55 Å². The molecular weight excluding hydrogens is 435 g/mol. The van der Waals surface area contributed by atoms with Gasteiger partial charge in [-0.1, -0.05) is 17.7 Å². The minimum absolute atomic E-state index is 0.190. The van der Waals surface area contributed by atoms with E-state index in [2.05, 4.69) is 4.72 Å². The molecule has 166 valence electrons. The van der Waals surface area contributed by atoms with Crippen molar-refractivity contribution in [3.05, 3.63) is 65.1 Å². The van der Waals surface area contributed by atoms with Gasteiger partial charge in [0.05, 0.1) is 16.5 Å². The van der Waals surface area contributed by atoms with E-state index >= 15 is 0 Å². The van der Waals surface area contributed by atoms with Gasteiger partial charge in [0.25, 0.3) is 10.0 Å². The Morgan fingerprint density at radius 3 is 2.48 bits per heavy atom. The number of nitrogens with one attached hydrogen (secondary N) is 1. The summed E-state index contributed by atoms with van der Waals surface area (Å²) in [6.45, 7) is 7.54. The first-order valence-electron chi connectivity index (χ1n) is 10.3. The van der Waals surface area contributed by atoms with E-state index < -0.39 is 31.9 Å². The van der Waals surface area contributed by atoms with Crippen LogP contribution in [0.5, 0.6) is 0 Å². The second-order valence-electron chi connectivity index (χ2n) is 9.05. The third kappa shape index (κ3) is 4.02. The number of rotatable bonds is 4. The van der Waals surface area contributed by atoms with Gasteiger partial charge in [0, 0.05) is 28.0 Å². The van der Waals surface area contributed by atoms with Gasteiger partial charge in [-0.2, -0.15) is 0 Å². The van der Waals surface area contributed by atoms with Crippen LogP contribution in [0.3, 0.4) is 0 Å². The Kier molecular flexibility index (Phi) is 5.70. The highest BCUT2D eigenvalue weighted by molar-refractivity contribution is 7.91. The molecule has 1 aromatic heterocycles. The normalized spacial score (nSPS) is 18.2. The number of aryl methyl sites for hydroxylation is 1. The summed E-state index contributed by atoms with van der Waals surface area (Å²) >= 11 is -1.34. The van der Waals surface area contributed by atoms with Crippen molar-refractivity contribution >= 4 is 32.3 Å². The lowest BCUT2D eigenvalue weighted by atomic mass is 9.91. The second-order valence-corrected chi connectivity index (χ2v) is 12.8. The predicted molar refractivity (Wildman–Crippen MR) is 122 cm³/mol. The minimum atomic E-state index is -3.88. The number of hydrogen-bond donors (Lipinski definition) is 1. The topological polar surface area (TPSA) is 74.2 Å². The summed E-state index contributed by atoms with van der Waals surface area (Å²) in [5.41, 5.74) is 2.78. The monoisotopic (exact) mass is 462 g/mol. The average Bonchev–Trinajstić information content (AvgIpc) is 3.02. The quantitative estimate of drug-likeness (QED) is 0.568. The SMILES string of the molecule is Cc1ccc(S(=O)(=O)n2c3c(c4cc(F)ccc42)[C@@H](N[S@+]([O-])C(C)(C)C)CCC3)cc1. The van der Waals surface area contributed by atoms with Gasteiger partial charge in [-0.15, -0.1) is 4.72 Å². The Bertz CT molecular complexity index is 1230. The first-order valence-corrected chi connectivity index (χ1v) is 12.9. The summed E-state index contributed by atoms with van der Waals surface area (Å²) in [4.78, 5) is 0.190. The van der Waals surface area contributed by atoms with Crippen LogP contribution in [0.25, 0.3) is 10.9 Å². The van der Waals surface area contributed by atoms with E-state index in [-0.39, 0.29) is 10.9 Å². The number of hydrogen-bond acceptors (Lipinski definition) is 4. The Morgan fingerprint density at radius 1 is 1.16 bits per heavy atom. The highest BCUT2D eigenvalue weighted by Crippen LogP contribution is 2.41. The molecule has 1 aliphatic rings. The lowest BCUT2D eigenvalue weighted by molar-refractivity contribution is 0.488. The summed E-state index contributed by atoms with van der Waals surface area (Å²) in [6, 6.07) is 10.6. The van der Waals surface area contributed by atoms with Crippen LogP contribution in [0.2, 0.25) is 0 Å². The summed E-state index contributed by atoms with van der Waals surface area (Å²) in [5.74, 6) is -0.429. The number of nitrogens with zero attached hydrogens (tertiary/aromatic N) is 1. The van der Waals surface area contributed by atoms with Crippen molar-refractivity contribution < 1.29 is 17.4 Å². The van der Waals surface area contributed by atoms with Crippen molar-refractivity contribution in [3.63, 3.8) is 0 Å². The second kappa shape index (κ2) is 7.92. The Labute approximate surface area is 186 Å². The molecule has 1 heterocycles. The molecule has 2 aromatic carbocycles. The van der Waals surface area contributed by atoms with Crippen LogP contribution >= 0.6 is 0 Å². The van der Waals surface area contributed by atoms with Crippen LogP contribution in [0.15, 0.2) is 47.4 Å². The Balaban J connectivity index is 1.94. The maximum Gasteiger partial charge on any atom is 0.268 e. The fourth-order valence-corrected chi connectivity index (χ4v) is 6.50. The number of benzene rings is 2. The molecule has 0 fully saturated rings. The number of halogens is 1. The summed E-state index contributed by atoms with van der Waals surface area (Å²) in [6.07, 6.45) is 2.00. The lowest BCUT2D eigenvalue weighted by Gasteiger charge is -2.30. The fourth-order valence-electron chi connectivity index (χ4n) is 4.07. The van der Waals surface area contributed by atoms with E-state index in [1.807, 2.05) is 27.7 Å². The standard InChI is InChI=1S/C23H27FN2O3S2/c1-15-8-11-17(12-9-15)31(28,29)26-20-13-10-16(24)14-18(20)22-19(6-5-7-21(22)26)25-30(27)23(2,3)4/h8-14,19,25H,5-7H2,1-4H3/t19-,30+/m0/s1. The zero-order chi connectivity index (χ0) is 22.6. The molecule has 2 atom stereocenters. The molecule has 0 saturated carbocycles. The highest BCUT2D eigenvalue weighted by atomic mass is 32.2. The zero-order valence-electron chi connectivity index (χ0n) is 18.1. The van der Waals surface area contributed by atoms with E-state index in [4.69, 9.17) is 0 Å². The molecular formula is C23H27FN2O3S2. The molecule has 1 aliphatic carbocycles. The minimum Gasteiger partial charge on any atom is -0.598 e. The van der Waals surface area contributed by atoms with Crippen LogP contribution in [0, 0.1) is 12.7 Å². The summed E-state index contributed by atoms with van der Waals surface area (Å²) in [5, 5.41) is 0.550. The van der Waals surface area contributed by atoms with Gasteiger partial charge in [-0.3, -0.25) is 0 Å². The van der Waals surface area contributed by atoms with Gasteiger partial charge in [0.1, 0.15) is 10.6 Å². The van der Waals surface area contributed by atoms with Crippen molar-refractivity contribution in [3.8, 4) is 0 Å². The van der Waals surface area contributed by atoms with Crippen LogP contribution in [0.4, 0.5) is 4.39 Å². The van der Waals surface area contributed by atoms with E-state index in [0.717, 1.165) is 17.5 Å². The van der Waals surface area contributed by atoms with E-state index in [1.165, 1.54) is 22.2 Å². The van der Waals surface area contributed by atoms with Gasteiger partial charge in [-0.05, 0) is 77.3 Å². The van der Waals surface area contributed by atoms with E-state index in [1.54, 1.807) is 24.3 Å². The third-order valence-corrected chi connectivity index (χ3v) is 9.02. The third-order valence-electron chi connectivity index (χ3n) is 5.64. The van der Waals surface area contributed by atoms with Gasteiger partial charge >= 0.3 is 0 Å². The Hall–Kier alpha value is -1.87. The van der Waals surface area contributed by atoms with Gasteiger partial charge in [-0.25, -0.2) is 16.8 Å². The maximum atomic E-state index is 14.2.